The molecular weight excluding hydrogens is 361 g/mol. The molecule has 1 aromatic rings. The second-order valence-electron chi connectivity index (χ2n) is 8.37. The minimum absolute atomic E-state index is 0.0787. The standard InChI is InChI=1S/C21H26FN3O3/c22-16-3-1-14(2-4-16)17-13-25(18-15-5-7-23(8-6-15)19(17)18)21(27)20(26)24-9-11-28-12-10-24/h1-4,15,17-19H,5-13H2/t17-,18+,19+/m1/s1. The van der Waals surface area contributed by atoms with Gasteiger partial charge in [-0.1, -0.05) is 12.1 Å². The Morgan fingerprint density at radius 1 is 0.929 bits per heavy atom. The van der Waals surface area contributed by atoms with Gasteiger partial charge in [0.25, 0.3) is 0 Å². The van der Waals surface area contributed by atoms with Crippen LogP contribution in [-0.4, -0.2) is 84.5 Å². The second-order valence-corrected chi connectivity index (χ2v) is 8.37. The van der Waals surface area contributed by atoms with Crippen molar-refractivity contribution in [3.63, 3.8) is 0 Å². The summed E-state index contributed by atoms with van der Waals surface area (Å²) in [5.74, 6) is -0.468. The van der Waals surface area contributed by atoms with Gasteiger partial charge in [0.15, 0.2) is 0 Å². The van der Waals surface area contributed by atoms with Crippen LogP contribution < -0.4 is 0 Å². The monoisotopic (exact) mass is 387 g/mol. The molecule has 5 aliphatic heterocycles. The van der Waals surface area contributed by atoms with E-state index in [0.29, 0.717) is 38.8 Å². The van der Waals surface area contributed by atoms with Crippen LogP contribution in [0.2, 0.25) is 0 Å². The number of piperidine rings is 3. The van der Waals surface area contributed by atoms with Crippen LogP contribution in [0.4, 0.5) is 4.39 Å². The molecule has 0 unspecified atom stereocenters. The number of amides is 2. The summed E-state index contributed by atoms with van der Waals surface area (Å²) < 4.78 is 18.7. The maximum atomic E-state index is 13.4. The zero-order valence-electron chi connectivity index (χ0n) is 15.9. The number of hydrogen-bond acceptors (Lipinski definition) is 4. The Morgan fingerprint density at radius 2 is 1.61 bits per heavy atom. The number of morpholine rings is 1. The van der Waals surface area contributed by atoms with Crippen molar-refractivity contribution < 1.29 is 18.7 Å². The van der Waals surface area contributed by atoms with Gasteiger partial charge >= 0.3 is 11.8 Å². The van der Waals surface area contributed by atoms with Crippen molar-refractivity contribution >= 4 is 11.8 Å². The molecule has 5 fully saturated rings. The van der Waals surface area contributed by atoms with Gasteiger partial charge in [-0.05, 0) is 49.5 Å². The Balaban J connectivity index is 1.44. The topological polar surface area (TPSA) is 53.1 Å². The van der Waals surface area contributed by atoms with Gasteiger partial charge in [-0.15, -0.1) is 0 Å². The molecule has 2 amide bonds. The molecule has 0 aliphatic carbocycles. The highest BCUT2D eigenvalue weighted by molar-refractivity contribution is 6.35. The molecular formula is C21H26FN3O3. The minimum Gasteiger partial charge on any atom is -0.378 e. The van der Waals surface area contributed by atoms with Gasteiger partial charge in [0, 0.05) is 31.6 Å². The Kier molecular flexibility index (Phi) is 4.59. The van der Waals surface area contributed by atoms with Crippen LogP contribution in [0, 0.1) is 11.7 Å². The molecule has 3 atom stereocenters. The predicted octanol–water partition coefficient (Wildman–Crippen LogP) is 1.07. The van der Waals surface area contributed by atoms with Gasteiger partial charge in [-0.25, -0.2) is 4.39 Å². The van der Waals surface area contributed by atoms with Crippen LogP contribution in [0.25, 0.3) is 0 Å². The van der Waals surface area contributed by atoms with Gasteiger partial charge in [-0.2, -0.15) is 0 Å². The maximum absolute atomic E-state index is 13.4. The Hall–Kier alpha value is -1.99. The van der Waals surface area contributed by atoms with Gasteiger partial charge in [0.1, 0.15) is 5.82 Å². The molecule has 0 N–H and O–H groups in total. The zero-order valence-corrected chi connectivity index (χ0v) is 15.9. The summed E-state index contributed by atoms with van der Waals surface area (Å²) >= 11 is 0. The van der Waals surface area contributed by atoms with E-state index in [0.717, 1.165) is 31.5 Å². The first-order valence-electron chi connectivity index (χ1n) is 10.3. The molecule has 6 rings (SSSR count). The van der Waals surface area contributed by atoms with E-state index in [4.69, 9.17) is 4.74 Å². The number of halogens is 1. The molecule has 0 saturated carbocycles. The van der Waals surface area contributed by atoms with E-state index in [1.165, 1.54) is 12.1 Å². The molecule has 0 spiro atoms. The summed E-state index contributed by atoms with van der Waals surface area (Å²) in [6.07, 6.45) is 2.15. The number of ether oxygens (including phenoxy) is 1. The summed E-state index contributed by atoms with van der Waals surface area (Å²) in [7, 11) is 0. The first-order valence-corrected chi connectivity index (χ1v) is 10.3. The average molecular weight is 387 g/mol. The van der Waals surface area contributed by atoms with E-state index in [2.05, 4.69) is 4.90 Å². The molecule has 5 heterocycles. The molecule has 7 heteroatoms. The van der Waals surface area contributed by atoms with E-state index in [1.54, 1.807) is 4.90 Å². The first kappa shape index (κ1) is 18.1. The number of benzene rings is 1. The van der Waals surface area contributed by atoms with Crippen molar-refractivity contribution in [2.24, 2.45) is 5.92 Å². The van der Waals surface area contributed by atoms with Crippen molar-refractivity contribution in [2.75, 3.05) is 45.9 Å². The van der Waals surface area contributed by atoms with Crippen LogP contribution in [0.5, 0.6) is 0 Å². The first-order chi connectivity index (χ1) is 13.6. The second kappa shape index (κ2) is 7.12. The fourth-order valence-corrected chi connectivity index (χ4v) is 5.68. The lowest BCUT2D eigenvalue weighted by atomic mass is 9.75. The summed E-state index contributed by atoms with van der Waals surface area (Å²) in [6.45, 7) is 4.54. The number of fused-ring (bicyclic) bond motifs is 2. The third-order valence-electron chi connectivity index (χ3n) is 7.03. The summed E-state index contributed by atoms with van der Waals surface area (Å²) in [5.41, 5.74) is 1.05. The molecule has 150 valence electrons. The lowest BCUT2D eigenvalue weighted by Gasteiger charge is -2.51. The molecule has 0 aromatic heterocycles. The van der Waals surface area contributed by atoms with Crippen molar-refractivity contribution in [2.45, 2.75) is 30.8 Å². The molecule has 1 aromatic carbocycles. The van der Waals surface area contributed by atoms with Gasteiger partial charge in [-0.3, -0.25) is 14.5 Å². The number of rotatable bonds is 1. The summed E-state index contributed by atoms with van der Waals surface area (Å²) in [6, 6.07) is 6.94. The lowest BCUT2D eigenvalue weighted by molar-refractivity contribution is -0.156. The highest BCUT2D eigenvalue weighted by atomic mass is 19.1. The average Bonchev–Trinajstić information content (AvgIpc) is 3.17. The summed E-state index contributed by atoms with van der Waals surface area (Å²) in [4.78, 5) is 32.0. The number of carbonyl (C=O) groups excluding carboxylic acids is 2. The Morgan fingerprint density at radius 3 is 2.29 bits per heavy atom. The fraction of sp³-hybridized carbons (Fsp3) is 0.619. The van der Waals surface area contributed by atoms with Crippen LogP contribution in [-0.2, 0) is 14.3 Å². The van der Waals surface area contributed by atoms with Crippen molar-refractivity contribution in [3.05, 3.63) is 35.6 Å². The predicted molar refractivity (Wildman–Crippen MR) is 100 cm³/mol. The normalized spacial score (nSPS) is 34.4. The Bertz CT molecular complexity index is 757. The number of carbonyl (C=O) groups is 2. The molecule has 5 saturated heterocycles. The zero-order chi connectivity index (χ0) is 19.3. The van der Waals surface area contributed by atoms with Gasteiger partial charge < -0.3 is 14.5 Å². The van der Waals surface area contributed by atoms with Crippen molar-refractivity contribution in [1.29, 1.82) is 0 Å². The van der Waals surface area contributed by atoms with Crippen LogP contribution in [0.3, 0.4) is 0 Å². The van der Waals surface area contributed by atoms with Gasteiger partial charge in [0.05, 0.1) is 19.3 Å². The largest absolute Gasteiger partial charge is 0.378 e. The van der Waals surface area contributed by atoms with Crippen molar-refractivity contribution in [1.82, 2.24) is 14.7 Å². The molecule has 6 nitrogen and oxygen atoms in total. The van der Waals surface area contributed by atoms with E-state index in [1.807, 2.05) is 17.0 Å². The highest BCUT2D eigenvalue weighted by Crippen LogP contribution is 2.46. The molecule has 5 aliphatic rings. The van der Waals surface area contributed by atoms with Gasteiger partial charge in [0.2, 0.25) is 0 Å². The fourth-order valence-electron chi connectivity index (χ4n) is 5.68. The van der Waals surface area contributed by atoms with E-state index in [-0.39, 0.29) is 29.7 Å². The number of nitrogens with zero attached hydrogens (tertiary/aromatic N) is 3. The van der Waals surface area contributed by atoms with Crippen LogP contribution >= 0.6 is 0 Å². The molecule has 0 radical (unpaired) electrons. The molecule has 2 bridgehead atoms. The molecule has 28 heavy (non-hydrogen) atoms. The van der Waals surface area contributed by atoms with E-state index >= 15 is 0 Å². The Labute approximate surface area is 164 Å². The number of likely N-dealkylation sites (tertiary alicyclic amines) is 1. The third-order valence-corrected chi connectivity index (χ3v) is 7.03. The minimum atomic E-state index is -0.404. The van der Waals surface area contributed by atoms with Crippen LogP contribution in [0.1, 0.15) is 24.3 Å². The third kappa shape index (κ3) is 2.92. The highest BCUT2D eigenvalue weighted by Gasteiger charge is 2.55. The number of hydrogen-bond donors (Lipinski definition) is 0. The maximum Gasteiger partial charge on any atom is 0.312 e. The SMILES string of the molecule is O=C(C(=O)N1C[C@H](c2ccc(F)cc2)[C@H]2[C@@H]1C1CCN2CC1)N1CCOCC1. The van der Waals surface area contributed by atoms with E-state index < -0.39 is 5.91 Å². The van der Waals surface area contributed by atoms with Crippen LogP contribution in [0.15, 0.2) is 24.3 Å². The van der Waals surface area contributed by atoms with E-state index in [9.17, 15) is 14.0 Å². The van der Waals surface area contributed by atoms with Crippen molar-refractivity contribution in [3.8, 4) is 0 Å². The smallest absolute Gasteiger partial charge is 0.312 e. The quantitative estimate of drug-likeness (QED) is 0.677. The summed E-state index contributed by atoms with van der Waals surface area (Å²) in [5, 5.41) is 0. The lowest BCUT2D eigenvalue weighted by Crippen LogP contribution is -2.62.